The first-order valence-electron chi connectivity index (χ1n) is 7.66. The van der Waals surface area contributed by atoms with Gasteiger partial charge in [0.2, 0.25) is 5.91 Å². The molecule has 0 unspecified atom stereocenters. The molecule has 0 radical (unpaired) electrons. The van der Waals surface area contributed by atoms with E-state index in [2.05, 4.69) is 5.32 Å². The van der Waals surface area contributed by atoms with Crippen molar-refractivity contribution in [3.8, 4) is 11.5 Å². The smallest absolute Gasteiger partial charge is 0.250 e. The van der Waals surface area contributed by atoms with E-state index >= 15 is 0 Å². The fourth-order valence-electron chi connectivity index (χ4n) is 2.39. The summed E-state index contributed by atoms with van der Waals surface area (Å²) in [6, 6.07) is 8.15. The van der Waals surface area contributed by atoms with E-state index in [9.17, 15) is 9.59 Å². The van der Waals surface area contributed by atoms with E-state index in [1.807, 2.05) is 0 Å². The number of nitrogens with one attached hydrogen (secondary N) is 1. The molecule has 2 rings (SSSR count). The highest BCUT2D eigenvalue weighted by molar-refractivity contribution is 6.42. The van der Waals surface area contributed by atoms with Gasteiger partial charge >= 0.3 is 0 Å². The van der Waals surface area contributed by atoms with E-state index < -0.39 is 5.91 Å². The number of hydrogen-bond donors (Lipinski definition) is 2. The van der Waals surface area contributed by atoms with Crippen molar-refractivity contribution in [2.24, 2.45) is 5.73 Å². The quantitative estimate of drug-likeness (QED) is 0.746. The number of amides is 2. The summed E-state index contributed by atoms with van der Waals surface area (Å²) in [4.78, 5) is 24.0. The van der Waals surface area contributed by atoms with Crippen LogP contribution in [0.2, 0.25) is 10.0 Å². The molecule has 138 valence electrons. The molecule has 26 heavy (non-hydrogen) atoms. The lowest BCUT2D eigenvalue weighted by atomic mass is 10.1. The van der Waals surface area contributed by atoms with Gasteiger partial charge < -0.3 is 20.5 Å². The number of benzene rings is 2. The maximum atomic E-state index is 12.3. The highest BCUT2D eigenvalue weighted by Gasteiger charge is 2.17. The summed E-state index contributed by atoms with van der Waals surface area (Å²) >= 11 is 12.1. The van der Waals surface area contributed by atoms with Crippen LogP contribution in [0.15, 0.2) is 30.3 Å². The minimum absolute atomic E-state index is 0.122. The van der Waals surface area contributed by atoms with Gasteiger partial charge in [-0.2, -0.15) is 0 Å². The molecule has 0 atom stereocenters. The van der Waals surface area contributed by atoms with Gasteiger partial charge in [0.05, 0.1) is 35.5 Å². The van der Waals surface area contributed by atoms with Crippen LogP contribution < -0.4 is 20.5 Å². The van der Waals surface area contributed by atoms with Crippen molar-refractivity contribution in [1.82, 2.24) is 0 Å². The standard InChI is InChI=1S/C18H18Cl2N2O4/c1-25-14-8-11(18(21)24)13(9-15(14)26-2)22-16(23)7-6-10-4-3-5-12(19)17(10)20/h3-5,8-9H,6-7H2,1-2H3,(H2,21,24)(H,22,23). The number of carbonyl (C=O) groups is 2. The number of methoxy groups -OCH3 is 2. The highest BCUT2D eigenvalue weighted by atomic mass is 35.5. The maximum absolute atomic E-state index is 12.3. The first kappa shape index (κ1) is 19.9. The highest BCUT2D eigenvalue weighted by Crippen LogP contribution is 2.33. The van der Waals surface area contributed by atoms with Gasteiger partial charge in [-0.05, 0) is 24.1 Å². The molecule has 0 heterocycles. The third-order valence-corrected chi connectivity index (χ3v) is 4.57. The summed E-state index contributed by atoms with van der Waals surface area (Å²) < 4.78 is 10.3. The minimum atomic E-state index is -0.695. The minimum Gasteiger partial charge on any atom is -0.493 e. The number of halogens is 2. The van der Waals surface area contributed by atoms with Crippen LogP contribution in [0.3, 0.4) is 0 Å². The Morgan fingerprint density at radius 2 is 1.77 bits per heavy atom. The molecule has 3 N–H and O–H groups in total. The largest absolute Gasteiger partial charge is 0.493 e. The van der Waals surface area contributed by atoms with Crippen LogP contribution in [0.5, 0.6) is 11.5 Å². The Labute approximate surface area is 161 Å². The van der Waals surface area contributed by atoms with Gasteiger partial charge in [-0.1, -0.05) is 35.3 Å². The monoisotopic (exact) mass is 396 g/mol. The molecule has 2 amide bonds. The second-order valence-corrected chi connectivity index (χ2v) is 6.16. The molecule has 0 aliphatic rings. The van der Waals surface area contributed by atoms with Crippen LogP contribution in [-0.2, 0) is 11.2 Å². The summed E-state index contributed by atoms with van der Waals surface area (Å²) in [5.74, 6) is -0.300. The molecule has 2 aromatic rings. The summed E-state index contributed by atoms with van der Waals surface area (Å²) in [5, 5.41) is 3.52. The van der Waals surface area contributed by atoms with Crippen molar-refractivity contribution in [3.63, 3.8) is 0 Å². The van der Waals surface area contributed by atoms with Gasteiger partial charge in [0.1, 0.15) is 0 Å². The number of nitrogens with two attached hydrogens (primary N) is 1. The van der Waals surface area contributed by atoms with E-state index in [0.29, 0.717) is 28.0 Å². The van der Waals surface area contributed by atoms with E-state index in [-0.39, 0.29) is 23.6 Å². The summed E-state index contributed by atoms with van der Waals surface area (Å²) in [7, 11) is 2.89. The predicted octanol–water partition coefficient (Wildman–Crippen LogP) is 3.68. The van der Waals surface area contributed by atoms with Crippen LogP contribution in [0.1, 0.15) is 22.3 Å². The molecule has 0 saturated heterocycles. The summed E-state index contributed by atoms with van der Waals surface area (Å²) in [6.45, 7) is 0. The number of primary amides is 1. The lowest BCUT2D eigenvalue weighted by molar-refractivity contribution is -0.116. The van der Waals surface area contributed by atoms with Gasteiger partial charge in [0, 0.05) is 12.5 Å². The number of carbonyl (C=O) groups excluding carboxylic acids is 2. The van der Waals surface area contributed by atoms with Crippen LogP contribution in [0.25, 0.3) is 0 Å². The summed E-state index contributed by atoms with van der Waals surface area (Å²) in [6.07, 6.45) is 0.539. The Kier molecular flexibility index (Phi) is 6.71. The third kappa shape index (κ3) is 4.59. The Hall–Kier alpha value is -2.44. The molecule has 0 bridgehead atoms. The molecule has 0 aromatic heterocycles. The van der Waals surface area contributed by atoms with Crippen molar-refractivity contribution >= 4 is 40.7 Å². The zero-order chi connectivity index (χ0) is 19.3. The molecular weight excluding hydrogens is 379 g/mol. The zero-order valence-corrected chi connectivity index (χ0v) is 15.8. The van der Waals surface area contributed by atoms with Gasteiger partial charge in [-0.25, -0.2) is 0 Å². The number of ether oxygens (including phenoxy) is 2. The Balaban J connectivity index is 2.17. The third-order valence-electron chi connectivity index (χ3n) is 3.72. The number of hydrogen-bond acceptors (Lipinski definition) is 4. The molecule has 2 aromatic carbocycles. The van der Waals surface area contributed by atoms with Crippen molar-refractivity contribution < 1.29 is 19.1 Å². The lowest BCUT2D eigenvalue weighted by Crippen LogP contribution is -2.19. The molecule has 0 aliphatic heterocycles. The molecule has 0 aliphatic carbocycles. The first-order valence-corrected chi connectivity index (χ1v) is 8.41. The zero-order valence-electron chi connectivity index (χ0n) is 14.3. The number of rotatable bonds is 7. The topological polar surface area (TPSA) is 90.6 Å². The van der Waals surface area contributed by atoms with Crippen molar-refractivity contribution in [1.29, 1.82) is 0 Å². The Morgan fingerprint density at radius 1 is 1.12 bits per heavy atom. The first-order chi connectivity index (χ1) is 12.4. The molecule has 8 heteroatoms. The van der Waals surface area contributed by atoms with Gasteiger partial charge in [0.15, 0.2) is 11.5 Å². The SMILES string of the molecule is COc1cc(NC(=O)CCc2cccc(Cl)c2Cl)c(C(N)=O)cc1OC. The second-order valence-electron chi connectivity index (χ2n) is 5.38. The van der Waals surface area contributed by atoms with Crippen LogP contribution in [0, 0.1) is 0 Å². The molecule has 0 fully saturated rings. The van der Waals surface area contributed by atoms with Crippen molar-refractivity contribution in [3.05, 3.63) is 51.5 Å². The van der Waals surface area contributed by atoms with E-state index in [0.717, 1.165) is 5.56 Å². The van der Waals surface area contributed by atoms with E-state index in [1.165, 1.54) is 26.4 Å². The van der Waals surface area contributed by atoms with Gasteiger partial charge in [-0.3, -0.25) is 9.59 Å². The van der Waals surface area contributed by atoms with E-state index in [4.69, 9.17) is 38.4 Å². The second kappa shape index (κ2) is 8.78. The van der Waals surface area contributed by atoms with Crippen molar-refractivity contribution in [2.75, 3.05) is 19.5 Å². The fraction of sp³-hybridized carbons (Fsp3) is 0.222. The average Bonchev–Trinajstić information content (AvgIpc) is 2.62. The normalized spacial score (nSPS) is 10.3. The average molecular weight is 397 g/mol. The molecule has 6 nitrogen and oxygen atoms in total. The fourth-order valence-corrected chi connectivity index (χ4v) is 2.80. The van der Waals surface area contributed by atoms with Crippen LogP contribution in [0.4, 0.5) is 5.69 Å². The van der Waals surface area contributed by atoms with Crippen LogP contribution in [-0.4, -0.2) is 26.0 Å². The Bertz CT molecular complexity index is 840. The van der Waals surface area contributed by atoms with Gasteiger partial charge in [-0.15, -0.1) is 0 Å². The predicted molar refractivity (Wildman–Crippen MR) is 101 cm³/mol. The van der Waals surface area contributed by atoms with Gasteiger partial charge in [0.25, 0.3) is 5.91 Å². The molecule has 0 saturated carbocycles. The maximum Gasteiger partial charge on any atom is 0.250 e. The van der Waals surface area contributed by atoms with Crippen molar-refractivity contribution in [2.45, 2.75) is 12.8 Å². The Morgan fingerprint density at radius 3 is 2.38 bits per heavy atom. The van der Waals surface area contributed by atoms with E-state index in [1.54, 1.807) is 18.2 Å². The lowest BCUT2D eigenvalue weighted by Gasteiger charge is -2.14. The number of anilines is 1. The van der Waals surface area contributed by atoms with Crippen LogP contribution >= 0.6 is 23.2 Å². The summed E-state index contributed by atoms with van der Waals surface area (Å²) in [5.41, 5.74) is 6.52. The number of aryl methyl sites for hydroxylation is 1. The molecular formula is C18H18Cl2N2O4. The molecule has 0 spiro atoms.